The first kappa shape index (κ1) is 27.6. The summed E-state index contributed by atoms with van der Waals surface area (Å²) in [6, 6.07) is 10.1. The topological polar surface area (TPSA) is 74.2 Å². The van der Waals surface area contributed by atoms with Crippen molar-refractivity contribution in [2.45, 2.75) is 31.9 Å². The van der Waals surface area contributed by atoms with Crippen molar-refractivity contribution in [1.29, 1.82) is 0 Å². The second kappa shape index (κ2) is 12.7. The first-order valence-corrected chi connectivity index (χ1v) is 10.7. The van der Waals surface area contributed by atoms with E-state index in [-0.39, 0.29) is 18.4 Å². The maximum absolute atomic E-state index is 12.9. The molecule has 9 heteroatoms. The fourth-order valence-electron chi connectivity index (χ4n) is 3.35. The van der Waals surface area contributed by atoms with Crippen LogP contribution in [0, 0.1) is 0 Å². The van der Waals surface area contributed by atoms with Crippen LogP contribution in [0.1, 0.15) is 30.4 Å². The first-order chi connectivity index (χ1) is 16.6. The monoisotopic (exact) mass is 494 g/mol. The Kier molecular flexibility index (Phi) is 10.1. The van der Waals surface area contributed by atoms with Gasteiger partial charge in [0.2, 0.25) is 0 Å². The zero-order valence-corrected chi connectivity index (χ0v) is 20.1. The van der Waals surface area contributed by atoms with Gasteiger partial charge in [0.05, 0.1) is 28.4 Å². The number of alkyl halides is 3. The quantitative estimate of drug-likeness (QED) is 0.219. The van der Waals surface area contributed by atoms with Crippen LogP contribution in [0.25, 0.3) is 6.08 Å². The molecular weight excluding hydrogens is 465 g/mol. The summed E-state index contributed by atoms with van der Waals surface area (Å²) in [5.41, 5.74) is 1.06. The van der Waals surface area contributed by atoms with E-state index in [0.29, 0.717) is 28.6 Å². The molecule has 0 saturated heterocycles. The number of hydrogen-bond acceptors (Lipinski definition) is 6. The number of benzene rings is 2. The molecule has 0 aromatic heterocycles. The molecule has 0 aliphatic rings. The third-order valence-electron chi connectivity index (χ3n) is 5.23. The zero-order valence-electron chi connectivity index (χ0n) is 20.1. The maximum atomic E-state index is 12.9. The number of ketones is 1. The highest BCUT2D eigenvalue weighted by atomic mass is 19.4. The van der Waals surface area contributed by atoms with Crippen molar-refractivity contribution < 1.29 is 42.0 Å². The Balaban J connectivity index is 2.25. The number of methoxy groups -OCH3 is 4. The van der Waals surface area contributed by atoms with Crippen LogP contribution >= 0.6 is 0 Å². The van der Waals surface area contributed by atoms with Crippen LogP contribution in [0.5, 0.6) is 23.0 Å². The molecule has 0 unspecified atom stereocenters. The molecule has 2 aromatic carbocycles. The number of aliphatic hydroxyl groups is 1. The lowest BCUT2D eigenvalue weighted by Gasteiger charge is -2.12. The summed E-state index contributed by atoms with van der Waals surface area (Å²) >= 11 is 0. The predicted octanol–water partition coefficient (Wildman–Crippen LogP) is 6.09. The van der Waals surface area contributed by atoms with Crippen molar-refractivity contribution in [2.24, 2.45) is 0 Å². The normalized spacial score (nSPS) is 12.3. The van der Waals surface area contributed by atoms with Crippen molar-refractivity contribution in [2.75, 3.05) is 28.4 Å². The van der Waals surface area contributed by atoms with Gasteiger partial charge in [0.25, 0.3) is 0 Å². The van der Waals surface area contributed by atoms with Crippen LogP contribution in [0.4, 0.5) is 13.2 Å². The minimum Gasteiger partial charge on any atom is -0.508 e. The molecule has 0 bridgehead atoms. The minimum atomic E-state index is -4.47. The lowest BCUT2D eigenvalue weighted by Crippen LogP contribution is -2.13. The Bertz CT molecular complexity index is 1070. The number of ether oxygens (including phenoxy) is 4. The second-order valence-electron chi connectivity index (χ2n) is 7.54. The van der Waals surface area contributed by atoms with E-state index in [9.17, 15) is 23.1 Å². The highest BCUT2D eigenvalue weighted by Crippen LogP contribution is 2.30. The largest absolute Gasteiger partial charge is 0.508 e. The number of aliphatic hydroxyl groups excluding tert-OH is 1. The maximum Gasteiger partial charge on any atom is 0.389 e. The first-order valence-electron chi connectivity index (χ1n) is 10.7. The van der Waals surface area contributed by atoms with Crippen molar-refractivity contribution in [3.05, 3.63) is 64.9 Å². The van der Waals surface area contributed by atoms with Crippen molar-refractivity contribution in [3.8, 4) is 23.0 Å². The number of halogens is 3. The molecule has 0 spiro atoms. The lowest BCUT2D eigenvalue weighted by molar-refractivity contribution is -0.134. The summed E-state index contributed by atoms with van der Waals surface area (Å²) in [6.45, 7) is 0. The molecule has 6 nitrogen and oxygen atoms in total. The molecule has 0 atom stereocenters. The van der Waals surface area contributed by atoms with E-state index in [4.69, 9.17) is 18.9 Å². The van der Waals surface area contributed by atoms with Crippen LogP contribution in [0.2, 0.25) is 0 Å². The van der Waals surface area contributed by atoms with Gasteiger partial charge in [-0.3, -0.25) is 4.79 Å². The standard InChI is InChI=1S/C26H29F3O6/c1-32-22-11-7-17(15-24(22)34-3)5-9-20(30)19(13-14-26(27,28)29)21(31)10-6-18-8-12-23(33-2)25(16-18)35-4/h5,7-9,11-12,15-16,30H,6,10,13-14H2,1-4H3/b9-5+,20-19-. The molecule has 0 fully saturated rings. The molecule has 2 aromatic rings. The number of carbonyl (C=O) groups excluding carboxylic acids is 1. The lowest BCUT2D eigenvalue weighted by atomic mass is 9.97. The number of Topliss-reactive ketones (excluding diaryl/α,β-unsaturated/α-hetero) is 1. The van der Waals surface area contributed by atoms with E-state index < -0.39 is 30.6 Å². The molecule has 190 valence electrons. The molecule has 1 N–H and O–H groups in total. The van der Waals surface area contributed by atoms with E-state index in [1.165, 1.54) is 40.6 Å². The van der Waals surface area contributed by atoms with E-state index in [2.05, 4.69) is 0 Å². The highest BCUT2D eigenvalue weighted by molar-refractivity contribution is 5.96. The van der Waals surface area contributed by atoms with E-state index in [0.717, 1.165) is 5.56 Å². The zero-order chi connectivity index (χ0) is 26.0. The Morgan fingerprint density at radius 3 is 2.00 bits per heavy atom. The Labute approximate surface area is 202 Å². The molecule has 0 aliphatic heterocycles. The van der Waals surface area contributed by atoms with Gasteiger partial charge in [-0.05, 0) is 54.3 Å². The molecule has 0 heterocycles. The average Bonchev–Trinajstić information content (AvgIpc) is 2.84. The van der Waals surface area contributed by atoms with Crippen molar-refractivity contribution >= 4 is 11.9 Å². The van der Waals surface area contributed by atoms with Gasteiger partial charge in [-0.1, -0.05) is 18.2 Å². The molecule has 0 aliphatic carbocycles. The molecule has 35 heavy (non-hydrogen) atoms. The number of carbonyl (C=O) groups is 1. The predicted molar refractivity (Wildman–Crippen MR) is 126 cm³/mol. The summed E-state index contributed by atoms with van der Waals surface area (Å²) in [5, 5.41) is 10.5. The van der Waals surface area contributed by atoms with Gasteiger partial charge in [0.15, 0.2) is 28.8 Å². The summed E-state index contributed by atoms with van der Waals surface area (Å²) in [6.07, 6.45) is -3.47. The molecule has 0 amide bonds. The Morgan fingerprint density at radius 2 is 1.43 bits per heavy atom. The van der Waals surface area contributed by atoms with Crippen molar-refractivity contribution in [1.82, 2.24) is 0 Å². The summed E-state index contributed by atoms with van der Waals surface area (Å²) < 4.78 is 59.4. The fourth-order valence-corrected chi connectivity index (χ4v) is 3.35. The number of hydrogen-bond donors (Lipinski definition) is 1. The average molecular weight is 495 g/mol. The Morgan fingerprint density at radius 1 is 0.857 bits per heavy atom. The third-order valence-corrected chi connectivity index (χ3v) is 5.23. The number of aryl methyl sites for hydroxylation is 1. The molecular formula is C26H29F3O6. The van der Waals surface area contributed by atoms with Gasteiger partial charge in [0, 0.05) is 18.4 Å². The SMILES string of the molecule is COc1ccc(/C=C/C(O)=C(\CCC(F)(F)F)C(=O)CCc2ccc(OC)c(OC)c2)cc1OC. The van der Waals surface area contributed by atoms with Crippen molar-refractivity contribution in [3.63, 3.8) is 0 Å². The van der Waals surface area contributed by atoms with Gasteiger partial charge in [-0.25, -0.2) is 0 Å². The smallest absolute Gasteiger partial charge is 0.389 e. The van der Waals surface area contributed by atoms with Crippen LogP contribution in [0.15, 0.2) is 53.8 Å². The summed E-state index contributed by atoms with van der Waals surface area (Å²) in [7, 11) is 5.93. The Hall–Kier alpha value is -3.62. The third kappa shape index (κ3) is 8.27. The molecule has 2 rings (SSSR count). The number of allylic oxidation sites excluding steroid dienone is 2. The number of rotatable bonds is 12. The summed E-state index contributed by atoms with van der Waals surface area (Å²) in [5.74, 6) is 0.860. The summed E-state index contributed by atoms with van der Waals surface area (Å²) in [4.78, 5) is 12.8. The van der Waals surface area contributed by atoms with Gasteiger partial charge in [-0.15, -0.1) is 0 Å². The minimum absolute atomic E-state index is 0.0864. The van der Waals surface area contributed by atoms with Crippen LogP contribution in [-0.2, 0) is 11.2 Å². The molecule has 0 radical (unpaired) electrons. The van der Waals surface area contributed by atoms with Crippen LogP contribution in [0.3, 0.4) is 0 Å². The van der Waals surface area contributed by atoms with Crippen LogP contribution in [-0.4, -0.2) is 45.5 Å². The van der Waals surface area contributed by atoms with E-state index >= 15 is 0 Å². The highest BCUT2D eigenvalue weighted by Gasteiger charge is 2.29. The van der Waals surface area contributed by atoms with Gasteiger partial charge in [-0.2, -0.15) is 13.2 Å². The van der Waals surface area contributed by atoms with Gasteiger partial charge >= 0.3 is 6.18 Å². The van der Waals surface area contributed by atoms with E-state index in [1.54, 1.807) is 36.4 Å². The fraction of sp³-hybridized carbons (Fsp3) is 0.346. The van der Waals surface area contributed by atoms with Gasteiger partial charge in [0.1, 0.15) is 5.76 Å². The van der Waals surface area contributed by atoms with Crippen LogP contribution < -0.4 is 18.9 Å². The van der Waals surface area contributed by atoms with Gasteiger partial charge < -0.3 is 24.1 Å². The molecule has 0 saturated carbocycles. The second-order valence-corrected chi connectivity index (χ2v) is 7.54. The van der Waals surface area contributed by atoms with E-state index in [1.807, 2.05) is 0 Å².